The van der Waals surface area contributed by atoms with Gasteiger partial charge >= 0.3 is 0 Å². The third-order valence-electron chi connectivity index (χ3n) is 6.26. The zero-order valence-electron chi connectivity index (χ0n) is 19.6. The normalized spacial score (nSPS) is 24.4. The maximum absolute atomic E-state index is 9.84. The highest BCUT2D eigenvalue weighted by Gasteiger charge is 2.38. The summed E-state index contributed by atoms with van der Waals surface area (Å²) in [5.41, 5.74) is 0. The van der Waals surface area contributed by atoms with Gasteiger partial charge in [0.05, 0.1) is 6.61 Å². The van der Waals surface area contributed by atoms with Gasteiger partial charge in [-0.05, 0) is 6.42 Å². The second kappa shape index (κ2) is 19.5. The lowest BCUT2D eigenvalue weighted by atomic mass is 10.0. The maximum Gasteiger partial charge on any atom is 0.183 e. The highest BCUT2D eigenvalue weighted by Crippen LogP contribution is 2.18. The summed E-state index contributed by atoms with van der Waals surface area (Å²) in [5.74, 6) is 0. The number of rotatable bonds is 20. The smallest absolute Gasteiger partial charge is 0.183 e. The second-order valence-electron chi connectivity index (χ2n) is 9.13. The van der Waals surface area contributed by atoms with Gasteiger partial charge in [0.15, 0.2) is 6.29 Å². The van der Waals surface area contributed by atoms with Crippen molar-refractivity contribution in [3.05, 3.63) is 0 Å². The number of unbranched alkanes of at least 4 members (excludes halogenated alkanes) is 17. The van der Waals surface area contributed by atoms with Gasteiger partial charge in [0.25, 0.3) is 0 Å². The van der Waals surface area contributed by atoms with Crippen LogP contribution in [0, 0.1) is 0 Å². The van der Waals surface area contributed by atoms with E-state index in [0.717, 1.165) is 12.8 Å². The second-order valence-corrected chi connectivity index (χ2v) is 9.13. The van der Waals surface area contributed by atoms with E-state index >= 15 is 0 Å². The Hall–Kier alpha value is -0.200. The molecule has 5 nitrogen and oxygen atoms in total. The average molecular weight is 431 g/mol. The lowest BCUT2D eigenvalue weighted by Crippen LogP contribution is -2.54. The van der Waals surface area contributed by atoms with Crippen molar-refractivity contribution in [3.8, 4) is 0 Å². The molecule has 0 aromatic carbocycles. The molecule has 1 saturated heterocycles. The molecule has 1 aliphatic heterocycles. The molecule has 3 N–H and O–H groups in total. The fourth-order valence-corrected chi connectivity index (χ4v) is 4.18. The number of aliphatic hydroxyl groups is 3. The van der Waals surface area contributed by atoms with Crippen molar-refractivity contribution < 1.29 is 24.8 Å². The molecule has 1 heterocycles. The highest BCUT2D eigenvalue weighted by atomic mass is 16.6. The summed E-state index contributed by atoms with van der Waals surface area (Å²) in [6.45, 7) is 2.70. The Morgan fingerprint density at radius 1 is 0.633 bits per heavy atom. The van der Waals surface area contributed by atoms with Crippen molar-refractivity contribution in [2.75, 3.05) is 13.2 Å². The lowest BCUT2D eigenvalue weighted by Gasteiger charge is -2.35. The van der Waals surface area contributed by atoms with E-state index in [4.69, 9.17) is 9.47 Å². The van der Waals surface area contributed by atoms with Crippen LogP contribution in [0.3, 0.4) is 0 Å². The number of ether oxygens (including phenoxy) is 2. The van der Waals surface area contributed by atoms with E-state index in [1.54, 1.807) is 0 Å². The van der Waals surface area contributed by atoms with E-state index in [2.05, 4.69) is 6.92 Å². The Morgan fingerprint density at radius 2 is 1.03 bits per heavy atom. The van der Waals surface area contributed by atoms with Gasteiger partial charge in [-0.3, -0.25) is 0 Å². The Kier molecular flexibility index (Phi) is 18.1. The predicted molar refractivity (Wildman–Crippen MR) is 122 cm³/mol. The van der Waals surface area contributed by atoms with Crippen LogP contribution in [0.1, 0.15) is 122 Å². The summed E-state index contributed by atoms with van der Waals surface area (Å²) in [6, 6.07) is 0. The van der Waals surface area contributed by atoms with Crippen LogP contribution in [0.5, 0.6) is 0 Å². The van der Waals surface area contributed by atoms with Gasteiger partial charge in [-0.2, -0.15) is 0 Å². The molecular weight excluding hydrogens is 380 g/mol. The molecule has 0 unspecified atom stereocenters. The van der Waals surface area contributed by atoms with Gasteiger partial charge in [-0.15, -0.1) is 0 Å². The Labute approximate surface area is 185 Å². The number of hydrogen-bond acceptors (Lipinski definition) is 5. The van der Waals surface area contributed by atoms with Crippen molar-refractivity contribution in [1.29, 1.82) is 0 Å². The SMILES string of the molecule is CCCCCCCCCCCCCCCCCCCCO[C@@H]1[C@@H](O)[C@H](O)CO[C@H]1O. The van der Waals surface area contributed by atoms with E-state index in [1.807, 2.05) is 0 Å². The van der Waals surface area contributed by atoms with Gasteiger partial charge in [0.2, 0.25) is 0 Å². The largest absolute Gasteiger partial charge is 0.388 e. The van der Waals surface area contributed by atoms with Crippen LogP contribution in [-0.2, 0) is 9.47 Å². The van der Waals surface area contributed by atoms with Crippen molar-refractivity contribution in [1.82, 2.24) is 0 Å². The quantitative estimate of drug-likeness (QED) is 0.223. The fraction of sp³-hybridized carbons (Fsp3) is 1.00. The van der Waals surface area contributed by atoms with Gasteiger partial charge < -0.3 is 24.8 Å². The fourth-order valence-electron chi connectivity index (χ4n) is 4.18. The maximum atomic E-state index is 9.84. The number of hydrogen-bond donors (Lipinski definition) is 3. The van der Waals surface area contributed by atoms with E-state index in [-0.39, 0.29) is 6.61 Å². The molecule has 1 fully saturated rings. The molecule has 0 bridgehead atoms. The highest BCUT2D eigenvalue weighted by molar-refractivity contribution is 4.83. The van der Waals surface area contributed by atoms with E-state index < -0.39 is 24.6 Å². The molecule has 0 spiro atoms. The minimum atomic E-state index is -1.15. The molecular formula is C25H50O5. The molecule has 1 aliphatic rings. The molecule has 180 valence electrons. The van der Waals surface area contributed by atoms with Crippen LogP contribution < -0.4 is 0 Å². The summed E-state index contributed by atoms with van der Waals surface area (Å²) in [4.78, 5) is 0. The van der Waals surface area contributed by atoms with Crippen molar-refractivity contribution in [2.24, 2.45) is 0 Å². The average Bonchev–Trinajstić information content (AvgIpc) is 2.74. The van der Waals surface area contributed by atoms with Crippen molar-refractivity contribution in [3.63, 3.8) is 0 Å². The van der Waals surface area contributed by atoms with E-state index in [9.17, 15) is 15.3 Å². The first-order chi connectivity index (χ1) is 14.7. The first kappa shape index (κ1) is 27.8. The van der Waals surface area contributed by atoms with Crippen LogP contribution >= 0.6 is 0 Å². The summed E-state index contributed by atoms with van der Waals surface area (Å²) >= 11 is 0. The van der Waals surface area contributed by atoms with Crippen LogP contribution in [0.2, 0.25) is 0 Å². The lowest BCUT2D eigenvalue weighted by molar-refractivity contribution is -0.265. The van der Waals surface area contributed by atoms with Gasteiger partial charge in [0, 0.05) is 6.61 Å². The Morgan fingerprint density at radius 3 is 1.47 bits per heavy atom. The first-order valence-electron chi connectivity index (χ1n) is 12.9. The standard InChI is InChI=1S/C25H50O5/c1-2-3-4-5-6-7-8-9-10-11-12-13-14-15-16-17-18-19-20-29-24-23(27)22(26)21-30-25(24)28/h22-28H,2-21H2,1H3/t22-,23+,24-,25-/m1/s1. The minimum absolute atomic E-state index is 0.0542. The molecule has 0 aliphatic carbocycles. The first-order valence-corrected chi connectivity index (χ1v) is 12.9. The molecule has 4 atom stereocenters. The summed E-state index contributed by atoms with van der Waals surface area (Å²) in [5, 5.41) is 29.1. The molecule has 0 aromatic heterocycles. The molecule has 0 amide bonds. The zero-order chi connectivity index (χ0) is 21.9. The van der Waals surface area contributed by atoms with Crippen molar-refractivity contribution in [2.45, 2.75) is 147 Å². The van der Waals surface area contributed by atoms with E-state index in [1.165, 1.54) is 103 Å². The third-order valence-corrected chi connectivity index (χ3v) is 6.26. The molecule has 5 heteroatoms. The van der Waals surface area contributed by atoms with Crippen molar-refractivity contribution >= 4 is 0 Å². The Bertz CT molecular complexity index is 365. The monoisotopic (exact) mass is 430 g/mol. The molecule has 1 rings (SSSR count). The van der Waals surface area contributed by atoms with Crippen LogP contribution in [0.25, 0.3) is 0 Å². The van der Waals surface area contributed by atoms with Crippen LogP contribution in [-0.4, -0.2) is 53.1 Å². The number of aliphatic hydroxyl groups excluding tert-OH is 3. The summed E-state index contributed by atoms with van der Waals surface area (Å²) < 4.78 is 10.5. The van der Waals surface area contributed by atoms with Crippen LogP contribution in [0.15, 0.2) is 0 Å². The zero-order valence-corrected chi connectivity index (χ0v) is 19.6. The molecule has 0 aromatic rings. The third kappa shape index (κ3) is 14.0. The topological polar surface area (TPSA) is 79.2 Å². The summed E-state index contributed by atoms with van der Waals surface area (Å²) in [6.07, 6.45) is 20.0. The summed E-state index contributed by atoms with van der Waals surface area (Å²) in [7, 11) is 0. The van der Waals surface area contributed by atoms with Crippen LogP contribution in [0.4, 0.5) is 0 Å². The van der Waals surface area contributed by atoms with E-state index in [0.29, 0.717) is 6.61 Å². The van der Waals surface area contributed by atoms with Gasteiger partial charge in [-0.25, -0.2) is 0 Å². The Balaban J connectivity index is 1.76. The van der Waals surface area contributed by atoms with Gasteiger partial charge in [0.1, 0.15) is 18.3 Å². The molecule has 0 saturated carbocycles. The minimum Gasteiger partial charge on any atom is -0.388 e. The molecule has 30 heavy (non-hydrogen) atoms. The predicted octanol–water partition coefficient (Wildman–Crippen LogP) is 5.48. The molecule has 0 radical (unpaired) electrons. The van der Waals surface area contributed by atoms with Gasteiger partial charge in [-0.1, -0.05) is 116 Å².